The standard InChI is InChI=1S/C14H20ClNO4S/c1-5-16(6-2)14(17)11-7-8-12(20-10(3)4)13(9-11)21(15,18)19/h7-10H,5-6H2,1-4H3. The highest BCUT2D eigenvalue weighted by Crippen LogP contribution is 2.29. The van der Waals surface area contributed by atoms with Crippen molar-refractivity contribution in [1.29, 1.82) is 0 Å². The maximum atomic E-state index is 12.3. The van der Waals surface area contributed by atoms with Crippen molar-refractivity contribution in [2.45, 2.75) is 38.7 Å². The number of ether oxygens (including phenoxy) is 1. The number of nitrogens with zero attached hydrogens (tertiary/aromatic N) is 1. The molecule has 7 heteroatoms. The molecule has 0 aliphatic carbocycles. The zero-order chi connectivity index (χ0) is 16.2. The number of carbonyl (C=O) groups is 1. The summed E-state index contributed by atoms with van der Waals surface area (Å²) in [6.45, 7) is 8.36. The van der Waals surface area contributed by atoms with Gasteiger partial charge in [-0.25, -0.2) is 8.42 Å². The Bertz CT molecular complexity index is 609. The lowest BCUT2D eigenvalue weighted by Crippen LogP contribution is -2.30. The minimum atomic E-state index is -4.00. The third-order valence-corrected chi connectivity index (χ3v) is 4.21. The van der Waals surface area contributed by atoms with E-state index in [1.165, 1.54) is 12.1 Å². The van der Waals surface area contributed by atoms with Crippen molar-refractivity contribution in [3.05, 3.63) is 23.8 Å². The Morgan fingerprint density at radius 3 is 2.29 bits per heavy atom. The van der Waals surface area contributed by atoms with Crippen LogP contribution in [0.15, 0.2) is 23.1 Å². The Morgan fingerprint density at radius 2 is 1.86 bits per heavy atom. The molecule has 0 bridgehead atoms. The van der Waals surface area contributed by atoms with Gasteiger partial charge in [0.05, 0.1) is 6.10 Å². The van der Waals surface area contributed by atoms with Gasteiger partial charge >= 0.3 is 0 Å². The van der Waals surface area contributed by atoms with Gasteiger partial charge in [-0.3, -0.25) is 4.79 Å². The molecule has 0 heterocycles. The van der Waals surface area contributed by atoms with E-state index in [1.54, 1.807) is 24.8 Å². The molecule has 1 amide bonds. The van der Waals surface area contributed by atoms with Crippen LogP contribution >= 0.6 is 10.7 Å². The van der Waals surface area contributed by atoms with Gasteiger partial charge in [0.1, 0.15) is 10.6 Å². The first-order valence-corrected chi connectivity index (χ1v) is 9.06. The molecule has 0 fully saturated rings. The molecule has 0 unspecified atom stereocenters. The predicted molar refractivity (Wildman–Crippen MR) is 82.5 cm³/mol. The highest BCUT2D eigenvalue weighted by atomic mass is 35.7. The van der Waals surface area contributed by atoms with E-state index in [0.29, 0.717) is 13.1 Å². The van der Waals surface area contributed by atoms with Gasteiger partial charge in [0.25, 0.3) is 15.0 Å². The first-order chi connectivity index (χ1) is 9.70. The highest BCUT2D eigenvalue weighted by Gasteiger charge is 2.22. The third kappa shape index (κ3) is 4.61. The van der Waals surface area contributed by atoms with Crippen LogP contribution in [0.2, 0.25) is 0 Å². The lowest BCUT2D eigenvalue weighted by molar-refractivity contribution is 0.0772. The fourth-order valence-corrected chi connectivity index (χ4v) is 2.86. The number of hydrogen-bond donors (Lipinski definition) is 0. The molecule has 0 aliphatic rings. The van der Waals surface area contributed by atoms with Gasteiger partial charge in [0.15, 0.2) is 0 Å². The summed E-state index contributed by atoms with van der Waals surface area (Å²) in [6.07, 6.45) is -0.202. The smallest absolute Gasteiger partial charge is 0.265 e. The first kappa shape index (κ1) is 17.8. The second-order valence-corrected chi connectivity index (χ2v) is 7.28. The number of amides is 1. The Kier molecular flexibility index (Phi) is 6.04. The van der Waals surface area contributed by atoms with Crippen molar-refractivity contribution < 1.29 is 17.9 Å². The van der Waals surface area contributed by atoms with E-state index in [0.717, 1.165) is 0 Å². The molecular formula is C14H20ClNO4S. The van der Waals surface area contributed by atoms with Crippen LogP contribution in [0.4, 0.5) is 0 Å². The average molecular weight is 334 g/mol. The normalized spacial score (nSPS) is 11.5. The summed E-state index contributed by atoms with van der Waals surface area (Å²) in [7, 11) is 1.44. The second-order valence-electron chi connectivity index (χ2n) is 4.74. The molecule has 118 valence electrons. The zero-order valence-electron chi connectivity index (χ0n) is 12.6. The van der Waals surface area contributed by atoms with Crippen molar-refractivity contribution in [3.8, 4) is 5.75 Å². The third-order valence-electron chi connectivity index (χ3n) is 2.87. The molecule has 21 heavy (non-hydrogen) atoms. The van der Waals surface area contributed by atoms with Crippen LogP contribution in [0.1, 0.15) is 38.1 Å². The van der Waals surface area contributed by atoms with Crippen LogP contribution in [0, 0.1) is 0 Å². The predicted octanol–water partition coefficient (Wildman–Crippen LogP) is 2.88. The fourth-order valence-electron chi connectivity index (χ4n) is 1.88. The van der Waals surface area contributed by atoms with E-state index in [9.17, 15) is 13.2 Å². The molecule has 0 aliphatic heterocycles. The van der Waals surface area contributed by atoms with Crippen LogP contribution in [-0.4, -0.2) is 38.4 Å². The molecule has 0 saturated carbocycles. The average Bonchev–Trinajstić information content (AvgIpc) is 2.38. The number of hydrogen-bond acceptors (Lipinski definition) is 4. The Hall–Kier alpha value is -1.27. The van der Waals surface area contributed by atoms with Gasteiger partial charge in [-0.05, 0) is 45.9 Å². The van der Waals surface area contributed by atoms with Gasteiger partial charge in [0, 0.05) is 29.3 Å². The molecule has 0 radical (unpaired) electrons. The van der Waals surface area contributed by atoms with E-state index in [-0.39, 0.29) is 28.2 Å². The van der Waals surface area contributed by atoms with E-state index in [2.05, 4.69) is 0 Å². The first-order valence-electron chi connectivity index (χ1n) is 6.75. The molecule has 0 spiro atoms. The lowest BCUT2D eigenvalue weighted by Gasteiger charge is -2.19. The van der Waals surface area contributed by atoms with Crippen LogP contribution in [0.3, 0.4) is 0 Å². The summed E-state index contributed by atoms with van der Waals surface area (Å²) in [4.78, 5) is 13.7. The summed E-state index contributed by atoms with van der Waals surface area (Å²) in [5, 5.41) is 0. The molecule has 0 saturated heterocycles. The van der Waals surface area contributed by atoms with Crippen molar-refractivity contribution in [2.75, 3.05) is 13.1 Å². The second kappa shape index (κ2) is 7.13. The van der Waals surface area contributed by atoms with Gasteiger partial charge in [-0.2, -0.15) is 0 Å². The monoisotopic (exact) mass is 333 g/mol. The summed E-state index contributed by atoms with van der Waals surface area (Å²) in [6, 6.07) is 4.27. The quantitative estimate of drug-likeness (QED) is 0.751. The van der Waals surface area contributed by atoms with Gasteiger partial charge in [-0.15, -0.1) is 0 Å². The van der Waals surface area contributed by atoms with E-state index >= 15 is 0 Å². The van der Waals surface area contributed by atoms with Gasteiger partial charge < -0.3 is 9.64 Å². The van der Waals surface area contributed by atoms with E-state index < -0.39 is 9.05 Å². The minimum Gasteiger partial charge on any atom is -0.490 e. The van der Waals surface area contributed by atoms with Crippen molar-refractivity contribution >= 4 is 25.6 Å². The number of benzene rings is 1. The maximum Gasteiger partial charge on any atom is 0.265 e. The molecule has 0 atom stereocenters. The van der Waals surface area contributed by atoms with E-state index in [4.69, 9.17) is 15.4 Å². The van der Waals surface area contributed by atoms with Crippen molar-refractivity contribution in [1.82, 2.24) is 4.90 Å². The van der Waals surface area contributed by atoms with Crippen molar-refractivity contribution in [3.63, 3.8) is 0 Å². The largest absolute Gasteiger partial charge is 0.490 e. The Morgan fingerprint density at radius 1 is 1.29 bits per heavy atom. The van der Waals surface area contributed by atoms with E-state index in [1.807, 2.05) is 13.8 Å². The molecule has 0 aromatic heterocycles. The maximum absolute atomic E-state index is 12.3. The fraction of sp³-hybridized carbons (Fsp3) is 0.500. The van der Waals surface area contributed by atoms with Crippen molar-refractivity contribution in [2.24, 2.45) is 0 Å². The molecule has 1 aromatic rings. The molecule has 5 nitrogen and oxygen atoms in total. The molecule has 1 rings (SSSR count). The summed E-state index contributed by atoms with van der Waals surface area (Å²) in [5.74, 6) is -0.0891. The van der Waals surface area contributed by atoms with Gasteiger partial charge in [-0.1, -0.05) is 0 Å². The topological polar surface area (TPSA) is 63.7 Å². The summed E-state index contributed by atoms with van der Waals surface area (Å²) in [5.41, 5.74) is 0.272. The molecule has 0 N–H and O–H groups in total. The summed E-state index contributed by atoms with van der Waals surface area (Å²) >= 11 is 0. The lowest BCUT2D eigenvalue weighted by atomic mass is 10.2. The number of carbonyl (C=O) groups excluding carboxylic acids is 1. The Labute approximate surface area is 130 Å². The SMILES string of the molecule is CCN(CC)C(=O)c1ccc(OC(C)C)c(S(=O)(=O)Cl)c1. The molecular weight excluding hydrogens is 314 g/mol. The summed E-state index contributed by atoms with van der Waals surface area (Å²) < 4.78 is 28.8. The van der Waals surface area contributed by atoms with Gasteiger partial charge in [0.2, 0.25) is 0 Å². The van der Waals surface area contributed by atoms with Crippen LogP contribution in [-0.2, 0) is 9.05 Å². The van der Waals surface area contributed by atoms with Crippen LogP contribution < -0.4 is 4.74 Å². The van der Waals surface area contributed by atoms with Crippen LogP contribution in [0.25, 0.3) is 0 Å². The Balaban J connectivity index is 3.31. The molecule has 1 aromatic carbocycles. The number of halogens is 1. The number of rotatable bonds is 6. The van der Waals surface area contributed by atoms with Crippen LogP contribution in [0.5, 0.6) is 5.75 Å². The highest BCUT2D eigenvalue weighted by molar-refractivity contribution is 8.13. The minimum absolute atomic E-state index is 0.149. The zero-order valence-corrected chi connectivity index (χ0v) is 14.2.